The van der Waals surface area contributed by atoms with Gasteiger partial charge < -0.3 is 9.30 Å². The Morgan fingerprint density at radius 3 is 2.53 bits per heavy atom. The molecule has 34 heavy (non-hydrogen) atoms. The lowest BCUT2D eigenvalue weighted by molar-refractivity contribution is -0.747. The molecule has 0 spiro atoms. The first-order valence-electron chi connectivity index (χ1n) is 12.2. The van der Waals surface area contributed by atoms with E-state index in [-0.39, 0.29) is 0 Å². The Kier molecular flexibility index (Phi) is 6.30. The van der Waals surface area contributed by atoms with Gasteiger partial charge in [-0.25, -0.2) is 4.57 Å². The highest BCUT2D eigenvalue weighted by molar-refractivity contribution is 7.99. The highest BCUT2D eigenvalue weighted by atomic mass is 32.2. The fourth-order valence-electron chi connectivity index (χ4n) is 5.10. The molecule has 2 aromatic heterocycles. The van der Waals surface area contributed by atoms with Crippen LogP contribution in [0.4, 0.5) is 0 Å². The van der Waals surface area contributed by atoms with Crippen molar-refractivity contribution < 1.29 is 9.30 Å². The predicted molar refractivity (Wildman–Crippen MR) is 140 cm³/mol. The van der Waals surface area contributed by atoms with Crippen LogP contribution >= 0.6 is 11.8 Å². The molecule has 5 rings (SSSR count). The predicted octanol–water partition coefficient (Wildman–Crippen LogP) is 6.47. The molecule has 0 aliphatic carbocycles. The molecule has 0 saturated carbocycles. The maximum absolute atomic E-state index is 5.31. The summed E-state index contributed by atoms with van der Waals surface area (Å²) in [6.07, 6.45) is 4.55. The van der Waals surface area contributed by atoms with Crippen molar-refractivity contribution >= 4 is 11.8 Å². The van der Waals surface area contributed by atoms with Crippen LogP contribution in [0.1, 0.15) is 41.9 Å². The van der Waals surface area contributed by atoms with Gasteiger partial charge >= 0.3 is 5.16 Å². The molecular formula is C29H34N3OS+. The Labute approximate surface area is 207 Å². The van der Waals surface area contributed by atoms with Crippen molar-refractivity contribution in [2.75, 3.05) is 12.9 Å². The van der Waals surface area contributed by atoms with E-state index >= 15 is 0 Å². The molecule has 0 amide bonds. The van der Waals surface area contributed by atoms with Crippen LogP contribution in [0, 0.1) is 20.8 Å². The van der Waals surface area contributed by atoms with Crippen LogP contribution in [0.25, 0.3) is 16.9 Å². The minimum absolute atomic E-state index is 0.558. The SMILES string of the molecule is CC[C@@H]1CSc2n(-c3ccccc3C)c(-c3cc(C)n(CCc4ccc(OC)cc4)c3C)c[n+]21. The van der Waals surface area contributed by atoms with Crippen molar-refractivity contribution in [1.82, 2.24) is 9.13 Å². The van der Waals surface area contributed by atoms with Crippen molar-refractivity contribution in [3.8, 4) is 22.7 Å². The number of aryl methyl sites for hydroxylation is 3. The topological polar surface area (TPSA) is 23.0 Å². The van der Waals surface area contributed by atoms with Gasteiger partial charge in [0, 0.05) is 29.2 Å². The number of imidazole rings is 1. The van der Waals surface area contributed by atoms with Gasteiger partial charge in [-0.3, -0.25) is 0 Å². The number of para-hydroxylation sites is 1. The maximum Gasteiger partial charge on any atom is 0.324 e. The van der Waals surface area contributed by atoms with Crippen LogP contribution in [-0.4, -0.2) is 22.0 Å². The van der Waals surface area contributed by atoms with Gasteiger partial charge in [0.1, 0.15) is 23.7 Å². The molecule has 0 bridgehead atoms. The van der Waals surface area contributed by atoms with Crippen LogP contribution in [0.5, 0.6) is 5.75 Å². The van der Waals surface area contributed by atoms with E-state index in [2.05, 4.69) is 90.1 Å². The molecule has 3 heterocycles. The number of fused-ring (bicyclic) bond motifs is 1. The molecular weight excluding hydrogens is 438 g/mol. The second kappa shape index (κ2) is 9.38. The highest BCUT2D eigenvalue weighted by Gasteiger charge is 2.37. The lowest BCUT2D eigenvalue weighted by Gasteiger charge is -2.11. The van der Waals surface area contributed by atoms with Gasteiger partial charge in [0.15, 0.2) is 5.69 Å². The smallest absolute Gasteiger partial charge is 0.324 e. The molecule has 0 unspecified atom stereocenters. The second-order valence-corrected chi connectivity index (χ2v) is 10.2. The fraction of sp³-hybridized carbons (Fsp3) is 0.345. The Balaban J connectivity index is 1.55. The van der Waals surface area contributed by atoms with Gasteiger partial charge in [-0.1, -0.05) is 37.3 Å². The third-order valence-corrected chi connectivity index (χ3v) is 8.38. The van der Waals surface area contributed by atoms with Crippen molar-refractivity contribution in [3.05, 3.63) is 83.3 Å². The quantitative estimate of drug-likeness (QED) is 0.288. The molecule has 4 nitrogen and oxygen atoms in total. The number of hydrogen-bond acceptors (Lipinski definition) is 2. The Hall–Kier alpha value is -2.92. The zero-order chi connectivity index (χ0) is 23.8. The van der Waals surface area contributed by atoms with Crippen molar-refractivity contribution in [2.45, 2.75) is 58.3 Å². The molecule has 1 atom stereocenters. The molecule has 1 aliphatic rings. The third-order valence-electron chi connectivity index (χ3n) is 7.17. The summed E-state index contributed by atoms with van der Waals surface area (Å²) in [5.41, 5.74) is 9.16. The maximum atomic E-state index is 5.31. The molecule has 1 aliphatic heterocycles. The average molecular weight is 473 g/mol. The van der Waals surface area contributed by atoms with Gasteiger partial charge in [-0.2, -0.15) is 4.57 Å². The average Bonchev–Trinajstić information content (AvgIpc) is 3.50. The minimum Gasteiger partial charge on any atom is -0.497 e. The third kappa shape index (κ3) is 3.96. The summed E-state index contributed by atoms with van der Waals surface area (Å²) in [7, 11) is 1.71. The van der Waals surface area contributed by atoms with E-state index in [1.165, 1.54) is 44.6 Å². The van der Waals surface area contributed by atoms with E-state index in [9.17, 15) is 0 Å². The number of nitrogens with zero attached hydrogens (tertiary/aromatic N) is 3. The van der Waals surface area contributed by atoms with Crippen LogP contribution in [0.15, 0.2) is 66.0 Å². The van der Waals surface area contributed by atoms with Crippen molar-refractivity contribution in [2.24, 2.45) is 0 Å². The zero-order valence-electron chi connectivity index (χ0n) is 20.8. The molecule has 0 N–H and O–H groups in total. The monoisotopic (exact) mass is 472 g/mol. The van der Waals surface area contributed by atoms with Gasteiger partial charge in [0.05, 0.1) is 7.11 Å². The van der Waals surface area contributed by atoms with Crippen molar-refractivity contribution in [3.63, 3.8) is 0 Å². The summed E-state index contributed by atoms with van der Waals surface area (Å²) in [5.74, 6) is 2.06. The first-order valence-corrected chi connectivity index (χ1v) is 13.2. The fourth-order valence-corrected chi connectivity index (χ4v) is 6.52. The highest BCUT2D eigenvalue weighted by Crippen LogP contribution is 2.38. The first-order chi connectivity index (χ1) is 16.5. The van der Waals surface area contributed by atoms with E-state index in [1.807, 2.05) is 23.9 Å². The molecule has 0 saturated heterocycles. The molecule has 5 heteroatoms. The minimum atomic E-state index is 0.558. The van der Waals surface area contributed by atoms with E-state index in [0.29, 0.717) is 6.04 Å². The number of methoxy groups -OCH3 is 1. The largest absolute Gasteiger partial charge is 0.497 e. The van der Waals surface area contributed by atoms with Crippen LogP contribution in [0.3, 0.4) is 0 Å². The summed E-state index contributed by atoms with van der Waals surface area (Å²) >= 11 is 1.98. The molecule has 0 fully saturated rings. The summed E-state index contributed by atoms with van der Waals surface area (Å²) in [4.78, 5) is 0. The number of rotatable bonds is 7. The number of benzene rings is 2. The number of hydrogen-bond donors (Lipinski definition) is 0. The first kappa shape index (κ1) is 22.9. The van der Waals surface area contributed by atoms with E-state index < -0.39 is 0 Å². The van der Waals surface area contributed by atoms with Gasteiger partial charge in [0.25, 0.3) is 0 Å². The van der Waals surface area contributed by atoms with Crippen LogP contribution < -0.4 is 9.30 Å². The number of thioether (sulfide) groups is 1. The Morgan fingerprint density at radius 1 is 1.06 bits per heavy atom. The zero-order valence-corrected chi connectivity index (χ0v) is 21.7. The summed E-state index contributed by atoms with van der Waals surface area (Å²) in [6.45, 7) is 9.98. The molecule has 176 valence electrons. The van der Waals surface area contributed by atoms with Crippen LogP contribution in [-0.2, 0) is 13.0 Å². The summed E-state index contributed by atoms with van der Waals surface area (Å²) < 4.78 is 12.8. The Bertz CT molecular complexity index is 1320. The van der Waals surface area contributed by atoms with E-state index in [1.54, 1.807) is 7.11 Å². The summed E-state index contributed by atoms with van der Waals surface area (Å²) in [6, 6.07) is 20.1. The number of ether oxygens (including phenoxy) is 1. The van der Waals surface area contributed by atoms with E-state index in [4.69, 9.17) is 4.74 Å². The normalized spacial score (nSPS) is 15.0. The van der Waals surface area contributed by atoms with Crippen LogP contribution in [0.2, 0.25) is 0 Å². The number of aromatic nitrogens is 3. The molecule has 4 aromatic rings. The molecule has 0 radical (unpaired) electrons. The molecule has 2 aromatic carbocycles. The van der Waals surface area contributed by atoms with Gasteiger partial charge in [-0.05, 0) is 80.8 Å². The lowest BCUT2D eigenvalue weighted by Crippen LogP contribution is -2.36. The lowest BCUT2D eigenvalue weighted by atomic mass is 10.1. The summed E-state index contributed by atoms with van der Waals surface area (Å²) in [5, 5.41) is 1.35. The second-order valence-electron chi connectivity index (χ2n) is 9.23. The van der Waals surface area contributed by atoms with E-state index in [0.717, 1.165) is 30.9 Å². The standard InChI is InChI=1S/C29H34N3OS/c1-6-24-19-34-29-31(24)18-28(32(29)27-10-8-7-9-20(27)2)26-17-21(3)30(22(26)4)16-15-23-11-13-25(33-5)14-12-23/h7-14,17-18,24H,6,15-16,19H2,1-5H3/q+1/t24-/m1/s1. The van der Waals surface area contributed by atoms with Gasteiger partial charge in [0.2, 0.25) is 0 Å². The Morgan fingerprint density at radius 2 is 1.82 bits per heavy atom. The van der Waals surface area contributed by atoms with Crippen molar-refractivity contribution in [1.29, 1.82) is 0 Å². The van der Waals surface area contributed by atoms with Gasteiger partial charge in [-0.15, -0.1) is 0 Å².